The topological polar surface area (TPSA) is 64.7 Å². The predicted octanol–water partition coefficient (Wildman–Crippen LogP) is 4.52. The summed E-state index contributed by atoms with van der Waals surface area (Å²) in [4.78, 5) is 27.6. The summed E-state index contributed by atoms with van der Waals surface area (Å²) in [5.74, 6) is -0.310. The summed E-state index contributed by atoms with van der Waals surface area (Å²) in [6.07, 6.45) is 6.27. The Labute approximate surface area is 194 Å². The minimum Gasteiger partial charge on any atom is -0.326 e. The molecule has 0 aromatic heterocycles. The van der Waals surface area contributed by atoms with Gasteiger partial charge >= 0.3 is 0 Å². The Kier molecular flexibility index (Phi) is 7.12. The van der Waals surface area contributed by atoms with Crippen LogP contribution in [0.4, 0.5) is 5.69 Å². The Balaban J connectivity index is 1.51. The molecule has 32 heavy (non-hydrogen) atoms. The number of amides is 2. The van der Waals surface area contributed by atoms with Crippen LogP contribution in [0.5, 0.6) is 0 Å². The number of para-hydroxylation sites is 1. The lowest BCUT2D eigenvalue weighted by atomic mass is 10.0. The molecule has 2 N–H and O–H groups in total. The van der Waals surface area contributed by atoms with E-state index in [2.05, 4.69) is 17.7 Å². The van der Waals surface area contributed by atoms with Crippen LogP contribution in [0.1, 0.15) is 44.2 Å². The molecule has 0 spiro atoms. The lowest BCUT2D eigenvalue weighted by Gasteiger charge is -2.41. The molecule has 2 amide bonds. The van der Waals surface area contributed by atoms with Crippen LogP contribution in [0, 0.1) is 0 Å². The number of unbranched alkanes of at least 4 members (excludes halogenated alkanes) is 2. The number of hydrogen-bond donors (Lipinski definition) is 2. The van der Waals surface area contributed by atoms with Crippen LogP contribution in [0.15, 0.2) is 66.4 Å². The van der Waals surface area contributed by atoms with Gasteiger partial charge in [-0.3, -0.25) is 14.6 Å². The summed E-state index contributed by atoms with van der Waals surface area (Å²) in [5.41, 5.74) is 5.89. The molecule has 1 saturated heterocycles. The number of nitrogens with one attached hydrogen (secondary N) is 2. The molecular formula is C25H29ClN4O2. The quantitative estimate of drug-likeness (QED) is 0.578. The maximum absolute atomic E-state index is 13.3. The van der Waals surface area contributed by atoms with E-state index in [0.29, 0.717) is 17.3 Å². The van der Waals surface area contributed by atoms with Gasteiger partial charge in [0.05, 0.1) is 12.1 Å². The molecule has 0 aliphatic carbocycles. The van der Waals surface area contributed by atoms with Gasteiger partial charge in [0.2, 0.25) is 5.91 Å². The molecule has 2 aromatic rings. The van der Waals surface area contributed by atoms with Crippen molar-refractivity contribution in [1.29, 1.82) is 0 Å². The summed E-state index contributed by atoms with van der Waals surface area (Å²) in [6.45, 7) is 2.73. The highest BCUT2D eigenvalue weighted by Gasteiger charge is 2.41. The fourth-order valence-electron chi connectivity index (χ4n) is 4.28. The summed E-state index contributed by atoms with van der Waals surface area (Å²) in [7, 11) is 0. The molecule has 0 saturated carbocycles. The van der Waals surface area contributed by atoms with Gasteiger partial charge in [0, 0.05) is 17.3 Å². The number of halogens is 1. The van der Waals surface area contributed by atoms with E-state index >= 15 is 0 Å². The number of piperazine rings is 1. The summed E-state index contributed by atoms with van der Waals surface area (Å²) in [6, 6.07) is 17.0. The zero-order chi connectivity index (χ0) is 22.5. The number of benzene rings is 2. The summed E-state index contributed by atoms with van der Waals surface area (Å²) in [5, 5.41) is 5.58. The predicted molar refractivity (Wildman–Crippen MR) is 127 cm³/mol. The van der Waals surface area contributed by atoms with Gasteiger partial charge in [-0.25, -0.2) is 5.43 Å². The average molecular weight is 453 g/mol. The van der Waals surface area contributed by atoms with Crippen LogP contribution in [0.3, 0.4) is 0 Å². The van der Waals surface area contributed by atoms with E-state index in [4.69, 9.17) is 11.6 Å². The molecule has 1 fully saturated rings. The fraction of sp³-hybridized carbons (Fsp3) is 0.360. The van der Waals surface area contributed by atoms with Crippen LogP contribution in [-0.4, -0.2) is 40.9 Å². The number of rotatable bonds is 8. The van der Waals surface area contributed by atoms with Crippen molar-refractivity contribution >= 4 is 29.1 Å². The second-order valence-electron chi connectivity index (χ2n) is 8.33. The Hall–Kier alpha value is -2.83. The molecule has 2 aliphatic heterocycles. The summed E-state index contributed by atoms with van der Waals surface area (Å²) < 4.78 is 0. The Morgan fingerprint density at radius 3 is 2.59 bits per heavy atom. The van der Waals surface area contributed by atoms with E-state index in [0.717, 1.165) is 36.9 Å². The first-order valence-corrected chi connectivity index (χ1v) is 11.6. The normalized spacial score (nSPS) is 20.2. The molecule has 6 nitrogen and oxygen atoms in total. The molecule has 2 aliphatic rings. The monoisotopic (exact) mass is 452 g/mol. The van der Waals surface area contributed by atoms with Crippen molar-refractivity contribution in [2.24, 2.45) is 0 Å². The van der Waals surface area contributed by atoms with E-state index in [-0.39, 0.29) is 30.4 Å². The number of fused-ring (bicyclic) bond motifs is 1. The molecule has 0 bridgehead atoms. The zero-order valence-corrected chi connectivity index (χ0v) is 19.0. The minimum atomic E-state index is -0.189. The van der Waals surface area contributed by atoms with Crippen molar-refractivity contribution in [3.8, 4) is 0 Å². The molecule has 2 aromatic carbocycles. The molecule has 7 heteroatoms. The van der Waals surface area contributed by atoms with Gasteiger partial charge in [0.25, 0.3) is 5.91 Å². The number of nitrogens with zero attached hydrogens (tertiary/aromatic N) is 2. The van der Waals surface area contributed by atoms with Crippen molar-refractivity contribution in [3.63, 3.8) is 0 Å². The van der Waals surface area contributed by atoms with Crippen molar-refractivity contribution in [1.82, 2.24) is 15.3 Å². The Bertz CT molecular complexity index is 977. The molecule has 168 valence electrons. The summed E-state index contributed by atoms with van der Waals surface area (Å²) >= 11 is 6.04. The largest absolute Gasteiger partial charge is 0.326 e. The standard InChI is InChI=1S/C25H29ClN4O2/c1-2-3-5-10-21-16-29(17-24(31)27-20-8-6-4-7-9-20)25(32)23-15-22(28-30(21)23)18-11-13-19(26)14-12-18/h4,6-9,11-15,21-22,28H,2-3,5,10,16-17H2,1H3,(H,27,31). The van der Waals surface area contributed by atoms with Crippen LogP contribution in [0.25, 0.3) is 0 Å². The van der Waals surface area contributed by atoms with Crippen molar-refractivity contribution in [2.75, 3.05) is 18.4 Å². The smallest absolute Gasteiger partial charge is 0.271 e. The number of hydrazine groups is 1. The van der Waals surface area contributed by atoms with Crippen molar-refractivity contribution in [2.45, 2.75) is 44.7 Å². The van der Waals surface area contributed by atoms with Gasteiger partial charge in [-0.1, -0.05) is 68.1 Å². The number of anilines is 1. The third kappa shape index (κ3) is 5.14. The fourth-order valence-corrected chi connectivity index (χ4v) is 4.40. The lowest BCUT2D eigenvalue weighted by Crippen LogP contribution is -2.57. The van der Waals surface area contributed by atoms with Gasteiger partial charge in [-0.05, 0) is 42.3 Å². The maximum Gasteiger partial charge on any atom is 0.271 e. The first kappa shape index (κ1) is 22.4. The SMILES string of the molecule is CCCCCC1CN(CC(=O)Nc2ccccc2)C(=O)C2=CC(c3ccc(Cl)cc3)NN21. The highest BCUT2D eigenvalue weighted by atomic mass is 35.5. The third-order valence-corrected chi connectivity index (χ3v) is 6.18. The third-order valence-electron chi connectivity index (χ3n) is 5.93. The zero-order valence-electron chi connectivity index (χ0n) is 18.3. The number of carbonyl (C=O) groups excluding carboxylic acids is 2. The molecule has 2 atom stereocenters. The number of hydrogen-bond acceptors (Lipinski definition) is 4. The van der Waals surface area contributed by atoms with Crippen molar-refractivity contribution in [3.05, 3.63) is 77.0 Å². The maximum atomic E-state index is 13.3. The van der Waals surface area contributed by atoms with Gasteiger partial charge in [-0.15, -0.1) is 0 Å². The molecule has 2 unspecified atom stereocenters. The average Bonchev–Trinajstić information content (AvgIpc) is 3.24. The van der Waals surface area contributed by atoms with Crippen LogP contribution in [-0.2, 0) is 9.59 Å². The van der Waals surface area contributed by atoms with Gasteiger partial charge in [-0.2, -0.15) is 0 Å². The van der Waals surface area contributed by atoms with Gasteiger partial charge in [0.1, 0.15) is 12.2 Å². The number of carbonyl (C=O) groups is 2. The first-order valence-electron chi connectivity index (χ1n) is 11.2. The molecule has 2 heterocycles. The second kappa shape index (κ2) is 10.2. The van der Waals surface area contributed by atoms with Crippen molar-refractivity contribution < 1.29 is 9.59 Å². The van der Waals surface area contributed by atoms with E-state index in [1.807, 2.05) is 65.7 Å². The lowest BCUT2D eigenvalue weighted by molar-refractivity contribution is -0.137. The van der Waals surface area contributed by atoms with E-state index in [1.165, 1.54) is 0 Å². The molecule has 4 rings (SSSR count). The Morgan fingerprint density at radius 1 is 1.12 bits per heavy atom. The van der Waals surface area contributed by atoms with Crippen LogP contribution >= 0.6 is 11.6 Å². The van der Waals surface area contributed by atoms with Crippen LogP contribution in [0.2, 0.25) is 5.02 Å². The second-order valence-corrected chi connectivity index (χ2v) is 8.77. The minimum absolute atomic E-state index is 0.0365. The highest BCUT2D eigenvalue weighted by molar-refractivity contribution is 6.30. The van der Waals surface area contributed by atoms with E-state index in [1.54, 1.807) is 4.90 Å². The highest BCUT2D eigenvalue weighted by Crippen LogP contribution is 2.32. The first-order chi connectivity index (χ1) is 15.5. The van der Waals surface area contributed by atoms with Gasteiger partial charge < -0.3 is 10.2 Å². The Morgan fingerprint density at radius 2 is 1.88 bits per heavy atom. The van der Waals surface area contributed by atoms with E-state index < -0.39 is 0 Å². The molecular weight excluding hydrogens is 424 g/mol. The van der Waals surface area contributed by atoms with Gasteiger partial charge in [0.15, 0.2) is 0 Å². The van der Waals surface area contributed by atoms with Crippen LogP contribution < -0.4 is 10.7 Å². The molecule has 0 radical (unpaired) electrons. The van der Waals surface area contributed by atoms with E-state index in [9.17, 15) is 9.59 Å².